The summed E-state index contributed by atoms with van der Waals surface area (Å²) in [7, 11) is 2.64. The maximum atomic E-state index is 13.0. The van der Waals surface area contributed by atoms with Crippen molar-refractivity contribution in [2.24, 2.45) is 0 Å². The number of carbonyl (C=O) groups is 2. The number of aromatic nitrogens is 12. The third-order valence-electron chi connectivity index (χ3n) is 10.4. The minimum atomic E-state index is -1.18. The van der Waals surface area contributed by atoms with Crippen LogP contribution in [0.3, 0.4) is 0 Å². The molecular formula is C45H52I2N15O4V-. The van der Waals surface area contributed by atoms with Gasteiger partial charge in [-0.3, -0.25) is 0 Å². The van der Waals surface area contributed by atoms with Crippen LogP contribution in [-0.4, -0.2) is 107 Å². The fraction of sp³-hybridized carbons (Fsp3) is 0.311. The molecule has 7 heterocycles. The van der Waals surface area contributed by atoms with Crippen LogP contribution < -0.4 is 10.6 Å². The summed E-state index contributed by atoms with van der Waals surface area (Å²) in [6, 6.07) is 19.5. The molecule has 351 valence electrons. The standard InChI is InChI=1S/C24H28N8O2.C19H19N7O2.C2H5.2HI.V/c1-16(2)19-14-27-32-22(19)28-21(23(33)34-18-9-12-30(3)15-18)29-24(32)25-13-17-7-4-5-8-20(17)31-11-6-10-26-31;1-12(2)14-11-22-26-17(14)23-16(18(27)28)24-19(26)20-10-13-6-3-4-7-15(13)25-9-5-8-21-25;1-2;;;/h4-8,10-11,14,16,18H,9,12-13,15H2,1-3H3,(H,25,28,29);3-9,11-12H,10H2,1-2H3,(H,27,28)(H,20,23,24);1H2,2H3;2*1H;/q;;-1;;;+2/p-2. The van der Waals surface area contributed by atoms with Crippen molar-refractivity contribution in [3.8, 4) is 11.4 Å². The summed E-state index contributed by atoms with van der Waals surface area (Å²) in [6.45, 7) is 15.6. The molecule has 2 aromatic carbocycles. The average Bonchev–Trinajstić information content (AvgIpc) is 4.20. The summed E-state index contributed by atoms with van der Waals surface area (Å²) in [4.78, 5) is 43.9. The first-order valence-corrected chi connectivity index (χ1v) is 30.4. The van der Waals surface area contributed by atoms with E-state index in [0.717, 1.165) is 46.6 Å². The summed E-state index contributed by atoms with van der Waals surface area (Å²) < 4.78 is 12.5. The zero-order valence-corrected chi connectivity index (χ0v) is 43.6. The molecule has 3 N–H and O–H groups in total. The number of hydrogen-bond donors (Lipinski definition) is 3. The first kappa shape index (κ1) is 50.9. The van der Waals surface area contributed by atoms with Gasteiger partial charge in [0.25, 0.3) is 0 Å². The van der Waals surface area contributed by atoms with Gasteiger partial charge < -0.3 is 32.3 Å². The Labute approximate surface area is 417 Å². The second-order valence-corrected chi connectivity index (χ2v) is 27.3. The number of fused-ring (bicyclic) bond motifs is 2. The van der Waals surface area contributed by atoms with Crippen LogP contribution in [-0.2, 0) is 27.3 Å². The Balaban J connectivity index is 0.000000205. The molecule has 1 fully saturated rings. The first-order chi connectivity index (χ1) is 32.4. The number of para-hydroxylation sites is 2. The summed E-state index contributed by atoms with van der Waals surface area (Å²) >= 11 is 4.74. The summed E-state index contributed by atoms with van der Waals surface area (Å²) in [6.07, 6.45) is 11.4. The molecule has 67 heavy (non-hydrogen) atoms. The van der Waals surface area contributed by atoms with E-state index in [9.17, 15) is 14.7 Å². The second kappa shape index (κ2) is 24.5. The Bertz CT molecular complexity index is 2850. The molecular weight excluding hydrogens is 1120 g/mol. The molecule has 1 aliphatic rings. The number of carbonyl (C=O) groups excluding carboxylic acids is 1. The molecule has 0 aliphatic carbocycles. The predicted octanol–water partition coefficient (Wildman–Crippen LogP) is 8.26. The fourth-order valence-corrected chi connectivity index (χ4v) is 7.15. The van der Waals surface area contributed by atoms with Gasteiger partial charge in [0.2, 0.25) is 23.5 Å². The number of ether oxygens (including phenoxy) is 1. The normalized spacial score (nSPS) is 13.3. The molecule has 6 aromatic heterocycles. The number of anilines is 2. The van der Waals surface area contributed by atoms with Gasteiger partial charge >= 0.3 is 61.4 Å². The summed E-state index contributed by atoms with van der Waals surface area (Å²) in [5.41, 5.74) is 6.78. The Morgan fingerprint density at radius 1 is 0.746 bits per heavy atom. The van der Waals surface area contributed by atoms with Crippen LogP contribution in [0.4, 0.5) is 11.9 Å². The van der Waals surface area contributed by atoms with Gasteiger partial charge in [0.05, 0.1) is 23.8 Å². The number of likely N-dealkylation sites (tertiary alicyclic amines) is 1. The van der Waals surface area contributed by atoms with Crippen LogP contribution in [0, 0.1) is 6.92 Å². The van der Waals surface area contributed by atoms with Crippen molar-refractivity contribution in [2.45, 2.75) is 72.1 Å². The number of esters is 1. The third kappa shape index (κ3) is 12.7. The molecule has 9 rings (SSSR count). The Morgan fingerprint density at radius 2 is 1.21 bits per heavy atom. The minimum absolute atomic E-state index is 0.0346. The third-order valence-corrected chi connectivity index (χ3v) is 10.4. The Hall–Kier alpha value is -5.50. The molecule has 0 radical (unpaired) electrons. The zero-order valence-electron chi connectivity index (χ0n) is 37.9. The molecule has 0 spiro atoms. The van der Waals surface area contributed by atoms with Crippen molar-refractivity contribution in [1.82, 2.24) is 63.6 Å². The van der Waals surface area contributed by atoms with E-state index >= 15 is 0 Å². The molecule has 1 aliphatic heterocycles. The first-order valence-electron chi connectivity index (χ1n) is 21.4. The van der Waals surface area contributed by atoms with Crippen LogP contribution in [0.5, 0.6) is 0 Å². The molecule has 0 saturated carbocycles. The zero-order chi connectivity index (χ0) is 48.0. The number of nitrogens with one attached hydrogen (secondary N) is 2. The van der Waals surface area contributed by atoms with Crippen LogP contribution in [0.2, 0.25) is 0 Å². The van der Waals surface area contributed by atoms with Crippen molar-refractivity contribution in [1.29, 1.82) is 0 Å². The number of carboxylic acids is 1. The van der Waals surface area contributed by atoms with Gasteiger partial charge in [0, 0.05) is 62.1 Å². The molecule has 1 saturated heterocycles. The van der Waals surface area contributed by atoms with E-state index in [4.69, 9.17) is 4.74 Å². The van der Waals surface area contributed by atoms with Crippen LogP contribution >= 0.6 is 40.0 Å². The number of rotatable bonds is 13. The predicted molar refractivity (Wildman–Crippen MR) is 269 cm³/mol. The van der Waals surface area contributed by atoms with Crippen molar-refractivity contribution >= 4 is 75.1 Å². The summed E-state index contributed by atoms with van der Waals surface area (Å²) in [5.74, 6) is -0.829. The van der Waals surface area contributed by atoms with Gasteiger partial charge in [0.1, 0.15) is 6.10 Å². The maximum absolute atomic E-state index is 13.0. The van der Waals surface area contributed by atoms with Gasteiger partial charge in [-0.2, -0.15) is 46.3 Å². The number of halogens is 2. The Kier molecular flexibility index (Phi) is 18.6. The molecule has 19 nitrogen and oxygen atoms in total. The van der Waals surface area contributed by atoms with E-state index in [1.165, 1.54) is 4.52 Å². The van der Waals surface area contributed by atoms with Crippen molar-refractivity contribution in [2.75, 3.05) is 30.8 Å². The van der Waals surface area contributed by atoms with Gasteiger partial charge in [-0.15, -0.1) is 0 Å². The Morgan fingerprint density at radius 3 is 1.63 bits per heavy atom. The van der Waals surface area contributed by atoms with E-state index in [-0.39, 0.29) is 29.6 Å². The van der Waals surface area contributed by atoms with E-state index < -0.39 is 11.9 Å². The van der Waals surface area contributed by atoms with Crippen LogP contribution in [0.1, 0.15) is 96.4 Å². The second-order valence-electron chi connectivity index (χ2n) is 15.5. The molecule has 8 aromatic rings. The van der Waals surface area contributed by atoms with Crippen molar-refractivity contribution in [3.05, 3.63) is 139 Å². The number of benzene rings is 2. The van der Waals surface area contributed by atoms with E-state index in [1.54, 1.807) is 40.9 Å². The van der Waals surface area contributed by atoms with Gasteiger partial charge in [-0.1, -0.05) is 64.1 Å². The monoisotopic (exact) mass is 1170 g/mol. The molecule has 22 heteroatoms. The quantitative estimate of drug-likeness (QED) is 0.0563. The molecule has 1 unspecified atom stereocenters. The molecule has 1 atom stereocenters. The van der Waals surface area contributed by atoms with Gasteiger partial charge in [-0.25, -0.2) is 28.9 Å². The SMILES string of the molecule is CC(C)c1cnn2c(NCc3ccccc3-n3cccn3)nc(C(=O)O)nc12.CC(C)c1cnn2c(NCc3ccccc3-n3cccn3)nc(C(=O)OC3CCN(C)C3)nc12.[CH2-]C.[I][V][I]. The van der Waals surface area contributed by atoms with Crippen molar-refractivity contribution in [3.63, 3.8) is 0 Å². The van der Waals surface area contributed by atoms with Crippen LogP contribution in [0.25, 0.3) is 22.7 Å². The number of aromatic carboxylic acids is 1. The van der Waals surface area contributed by atoms with Crippen LogP contribution in [0.15, 0.2) is 97.8 Å². The molecule has 0 amide bonds. The molecule has 0 bridgehead atoms. The number of carboxylic acid groups (broad SMARTS) is 1. The van der Waals surface area contributed by atoms with Crippen molar-refractivity contribution < 1.29 is 28.9 Å². The van der Waals surface area contributed by atoms with E-state index in [0.29, 0.717) is 52.3 Å². The topological polar surface area (TPSA) is 213 Å². The summed E-state index contributed by atoms with van der Waals surface area (Å²) in [5, 5.41) is 33.4. The number of likely N-dealkylation sites (N-methyl/N-ethyl adjacent to an activating group) is 1. The van der Waals surface area contributed by atoms with Gasteiger partial charge in [-0.05, 0) is 60.7 Å². The van der Waals surface area contributed by atoms with Gasteiger partial charge in [0.15, 0.2) is 11.3 Å². The number of nitrogens with zero attached hydrogens (tertiary/aromatic N) is 13. The average molecular weight is 1170 g/mol. The van der Waals surface area contributed by atoms with E-state index in [1.807, 2.05) is 98.6 Å². The number of hydrogen-bond acceptors (Lipinski definition) is 14. The fourth-order valence-electron chi connectivity index (χ4n) is 7.15. The van der Waals surface area contributed by atoms with E-state index in [2.05, 4.69) is 117 Å².